The second-order valence-electron chi connectivity index (χ2n) is 8.40. The number of nitrogen functional groups attached to an aromatic ring is 1. The number of amides is 2. The number of carbonyl (C=O) groups excluding carboxylic acids is 2. The van der Waals surface area contributed by atoms with Crippen molar-refractivity contribution in [3.05, 3.63) is 35.8 Å². The van der Waals surface area contributed by atoms with E-state index in [-0.39, 0.29) is 41.4 Å². The van der Waals surface area contributed by atoms with Crippen molar-refractivity contribution in [1.29, 1.82) is 0 Å². The lowest BCUT2D eigenvalue weighted by atomic mass is 10.1. The summed E-state index contributed by atoms with van der Waals surface area (Å²) >= 11 is 0. The molecule has 2 atom stereocenters. The number of alkyl halides is 3. The van der Waals surface area contributed by atoms with Crippen molar-refractivity contribution >= 4 is 23.1 Å². The predicted octanol–water partition coefficient (Wildman–Crippen LogP) is 0.513. The topological polar surface area (TPSA) is 140 Å². The lowest BCUT2D eigenvalue weighted by molar-refractivity contribution is -0.113. The Morgan fingerprint density at radius 2 is 2.00 bits per heavy atom. The highest BCUT2D eigenvalue weighted by Crippen LogP contribution is 2.33. The zero-order chi connectivity index (χ0) is 24.9. The highest BCUT2D eigenvalue weighted by atomic mass is 19.3. The molecule has 14 heteroatoms. The van der Waals surface area contributed by atoms with Gasteiger partial charge in [0.15, 0.2) is 5.82 Å². The van der Waals surface area contributed by atoms with E-state index < -0.39 is 43.0 Å². The van der Waals surface area contributed by atoms with E-state index >= 15 is 0 Å². The van der Waals surface area contributed by atoms with E-state index in [0.29, 0.717) is 11.3 Å². The summed E-state index contributed by atoms with van der Waals surface area (Å²) in [5, 5.41) is 9.64. The van der Waals surface area contributed by atoms with Crippen LogP contribution in [0.1, 0.15) is 20.7 Å². The van der Waals surface area contributed by atoms with E-state index in [4.69, 9.17) is 10.5 Å². The maximum absolute atomic E-state index is 14.0. The molecule has 2 saturated heterocycles. The number of hydrogen-bond acceptors (Lipinski definition) is 8. The molecule has 0 unspecified atom stereocenters. The first-order chi connectivity index (χ1) is 16.7. The smallest absolute Gasteiger partial charge is 0.282 e. The first-order valence-corrected chi connectivity index (χ1v) is 10.7. The number of ether oxygens (including phenoxy) is 1. The van der Waals surface area contributed by atoms with Gasteiger partial charge in [0.1, 0.15) is 23.6 Å². The normalized spacial score (nSPS) is 21.1. The monoisotopic (exact) mass is 490 g/mol. The Labute approximate surface area is 196 Å². The van der Waals surface area contributed by atoms with Gasteiger partial charge in [-0.1, -0.05) is 0 Å². The van der Waals surface area contributed by atoms with Crippen LogP contribution in [0.4, 0.5) is 19.0 Å². The third kappa shape index (κ3) is 3.99. The number of likely N-dealkylation sites (tertiary alicyclic amines) is 1. The van der Waals surface area contributed by atoms with Crippen molar-refractivity contribution in [2.24, 2.45) is 0 Å². The van der Waals surface area contributed by atoms with E-state index in [2.05, 4.69) is 25.7 Å². The van der Waals surface area contributed by atoms with Gasteiger partial charge in [0.25, 0.3) is 17.7 Å². The minimum Gasteiger partial charge on any atom is -0.480 e. The van der Waals surface area contributed by atoms with E-state index in [1.165, 1.54) is 36.3 Å². The van der Waals surface area contributed by atoms with Crippen LogP contribution >= 0.6 is 0 Å². The highest BCUT2D eigenvalue weighted by molar-refractivity contribution is 6.05. The van der Waals surface area contributed by atoms with Gasteiger partial charge in [-0.25, -0.2) is 27.7 Å². The van der Waals surface area contributed by atoms with E-state index in [1.54, 1.807) is 0 Å². The summed E-state index contributed by atoms with van der Waals surface area (Å²) in [5.74, 6) is -4.19. The lowest BCUT2D eigenvalue weighted by Gasteiger charge is -2.38. The van der Waals surface area contributed by atoms with Gasteiger partial charge >= 0.3 is 0 Å². The fraction of sp³-hybridized carbons (Fsp3) is 0.381. The molecule has 0 saturated carbocycles. The van der Waals surface area contributed by atoms with Crippen LogP contribution in [0.2, 0.25) is 0 Å². The van der Waals surface area contributed by atoms with Crippen LogP contribution in [0.25, 0.3) is 16.8 Å². The maximum atomic E-state index is 14.0. The number of nitrogens with zero attached hydrogens (tertiary/aromatic N) is 5. The molecule has 11 nitrogen and oxygen atoms in total. The first-order valence-electron chi connectivity index (χ1n) is 10.7. The zero-order valence-electron chi connectivity index (χ0n) is 18.5. The molecule has 2 fully saturated rings. The van der Waals surface area contributed by atoms with Gasteiger partial charge < -0.3 is 26.0 Å². The van der Waals surface area contributed by atoms with Crippen LogP contribution in [-0.2, 0) is 0 Å². The van der Waals surface area contributed by atoms with Crippen molar-refractivity contribution in [2.45, 2.75) is 18.1 Å². The summed E-state index contributed by atoms with van der Waals surface area (Å²) < 4.78 is 47.2. The summed E-state index contributed by atoms with van der Waals surface area (Å²) in [4.78, 5) is 35.0. The van der Waals surface area contributed by atoms with Gasteiger partial charge in [0.05, 0.1) is 37.5 Å². The van der Waals surface area contributed by atoms with Crippen LogP contribution in [0.3, 0.4) is 0 Å². The summed E-state index contributed by atoms with van der Waals surface area (Å²) in [6, 6.07) is 2.18. The number of anilines is 1. The largest absolute Gasteiger partial charge is 0.480 e. The first kappa shape index (κ1) is 22.8. The molecule has 3 aromatic heterocycles. The van der Waals surface area contributed by atoms with Crippen LogP contribution in [0.15, 0.2) is 24.7 Å². The van der Waals surface area contributed by atoms with E-state index in [1.807, 2.05) is 0 Å². The number of fused-ring (bicyclic) bond motifs is 1. The Morgan fingerprint density at radius 3 is 2.66 bits per heavy atom. The molecule has 2 amide bonds. The van der Waals surface area contributed by atoms with E-state index in [0.717, 1.165) is 4.90 Å². The Kier molecular flexibility index (Phi) is 5.46. The minimum atomic E-state index is -2.94. The number of nitrogens with one attached hydrogen (secondary N) is 2. The average Bonchev–Trinajstić information content (AvgIpc) is 3.41. The number of halogens is 3. The standard InChI is InChI=1S/C21H21F3N8O3/c1-35-19-12(18(33)30-14-6-26-5-13(14)22)2-10(4-27-19)15-3-11(16-17(25)28-9-29-32(15)16)20(34)31-7-21(23,24)8-31/h2-4,9,13-14,26H,5-8H2,1H3,(H,30,33)(H2,25,28,29)/t13-,14+/m0/s1. The lowest BCUT2D eigenvalue weighted by Crippen LogP contribution is -2.58. The molecule has 5 heterocycles. The van der Waals surface area contributed by atoms with Gasteiger partial charge in [0.2, 0.25) is 5.88 Å². The van der Waals surface area contributed by atoms with Gasteiger partial charge in [-0.2, -0.15) is 5.10 Å². The van der Waals surface area contributed by atoms with Crippen molar-refractivity contribution in [2.75, 3.05) is 39.0 Å². The molecular weight excluding hydrogens is 469 g/mol. The number of carbonyl (C=O) groups is 2. The number of rotatable bonds is 5. The molecule has 0 aliphatic carbocycles. The molecule has 5 rings (SSSR count). The third-order valence-corrected chi connectivity index (χ3v) is 5.99. The number of aromatic nitrogens is 4. The number of pyridine rings is 1. The van der Waals surface area contributed by atoms with Crippen LogP contribution < -0.4 is 21.1 Å². The fourth-order valence-electron chi connectivity index (χ4n) is 4.21. The molecule has 2 aliphatic rings. The SMILES string of the molecule is COc1ncc(-c2cc(C(=O)N3CC(F)(F)C3)c3c(N)ncnn23)cc1C(=O)N[C@@H]1CNC[C@@H]1F. The minimum absolute atomic E-state index is 0.0155. The molecule has 0 aromatic carbocycles. The maximum Gasteiger partial charge on any atom is 0.282 e. The molecule has 2 aliphatic heterocycles. The summed E-state index contributed by atoms with van der Waals surface area (Å²) in [7, 11) is 1.34. The van der Waals surface area contributed by atoms with E-state index in [9.17, 15) is 22.8 Å². The molecule has 0 bridgehead atoms. The third-order valence-electron chi connectivity index (χ3n) is 5.99. The van der Waals surface area contributed by atoms with Gasteiger partial charge in [-0.15, -0.1) is 0 Å². The number of nitrogens with two attached hydrogens (primary N) is 1. The van der Waals surface area contributed by atoms with Crippen LogP contribution in [-0.4, -0.2) is 87.7 Å². The van der Waals surface area contributed by atoms with Gasteiger partial charge in [-0.05, 0) is 12.1 Å². The van der Waals surface area contributed by atoms with Crippen molar-refractivity contribution in [3.63, 3.8) is 0 Å². The highest BCUT2D eigenvalue weighted by Gasteiger charge is 2.47. The Balaban J connectivity index is 1.55. The van der Waals surface area contributed by atoms with Crippen molar-refractivity contribution in [1.82, 2.24) is 35.1 Å². The quantitative estimate of drug-likeness (QED) is 0.470. The molecule has 3 aromatic rings. The number of methoxy groups -OCH3 is 1. The molecular formula is C21H21F3N8O3. The van der Waals surface area contributed by atoms with Crippen molar-refractivity contribution < 1.29 is 27.5 Å². The summed E-state index contributed by atoms with van der Waals surface area (Å²) in [5.41, 5.74) is 6.89. The van der Waals surface area contributed by atoms with Gasteiger partial charge in [-0.3, -0.25) is 9.59 Å². The Hall–Kier alpha value is -3.94. The summed E-state index contributed by atoms with van der Waals surface area (Å²) in [6.07, 6.45) is 1.34. The number of hydrogen-bond donors (Lipinski definition) is 3. The Bertz CT molecular complexity index is 1320. The molecule has 0 radical (unpaired) electrons. The average molecular weight is 490 g/mol. The summed E-state index contributed by atoms with van der Waals surface area (Å²) in [6.45, 7) is -0.988. The van der Waals surface area contributed by atoms with Gasteiger partial charge in [0, 0.05) is 24.8 Å². The van der Waals surface area contributed by atoms with Crippen LogP contribution in [0.5, 0.6) is 5.88 Å². The fourth-order valence-corrected chi connectivity index (χ4v) is 4.21. The van der Waals surface area contributed by atoms with Crippen LogP contribution in [0, 0.1) is 0 Å². The predicted molar refractivity (Wildman–Crippen MR) is 117 cm³/mol. The molecule has 4 N–H and O–H groups in total. The molecule has 35 heavy (non-hydrogen) atoms. The molecule has 184 valence electrons. The molecule has 0 spiro atoms. The zero-order valence-corrected chi connectivity index (χ0v) is 18.5. The Morgan fingerprint density at radius 1 is 1.23 bits per heavy atom. The van der Waals surface area contributed by atoms with Crippen molar-refractivity contribution in [3.8, 4) is 17.1 Å². The second kappa shape index (κ2) is 8.37. The second-order valence-corrected chi connectivity index (χ2v) is 8.40.